The highest BCUT2D eigenvalue weighted by Crippen LogP contribution is 2.23. The molecule has 1 heterocycles. The topological polar surface area (TPSA) is 102 Å². The first kappa shape index (κ1) is 27.6. The molecule has 202 valence electrons. The summed E-state index contributed by atoms with van der Waals surface area (Å²) in [4.78, 5) is 28.6. The van der Waals surface area contributed by atoms with Gasteiger partial charge in [-0.05, 0) is 60.7 Å². The van der Waals surface area contributed by atoms with Crippen LogP contribution in [0.5, 0.6) is 5.75 Å². The summed E-state index contributed by atoms with van der Waals surface area (Å²) in [7, 11) is 0. The standard InChI is InChI=1S/C32H34N2O5/c1-22(19-24-9-5-3-6-10-24)31(37)33-21-27-20-28(15-13-25(27)14-16-30(35)36)38-18-17-29-23(2)39-32(34-29)26-11-7-4-8-12-26/h3-13,15,20,22H,14,16-19,21H2,1-2H3,(H,33,37)(H,35,36). The summed E-state index contributed by atoms with van der Waals surface area (Å²) >= 11 is 0. The number of nitrogens with one attached hydrogen (secondary N) is 1. The number of aryl methyl sites for hydroxylation is 2. The predicted molar refractivity (Wildman–Crippen MR) is 149 cm³/mol. The van der Waals surface area contributed by atoms with E-state index in [1.54, 1.807) is 0 Å². The number of aliphatic carboxylic acids is 1. The van der Waals surface area contributed by atoms with Crippen LogP contribution in [0.25, 0.3) is 11.5 Å². The quantitative estimate of drug-likeness (QED) is 0.229. The van der Waals surface area contributed by atoms with E-state index in [2.05, 4.69) is 10.3 Å². The van der Waals surface area contributed by atoms with Gasteiger partial charge in [-0.25, -0.2) is 4.98 Å². The first-order valence-corrected chi connectivity index (χ1v) is 13.2. The molecule has 1 aromatic heterocycles. The average Bonchev–Trinajstić information content (AvgIpc) is 3.32. The van der Waals surface area contributed by atoms with Crippen LogP contribution in [0.3, 0.4) is 0 Å². The van der Waals surface area contributed by atoms with Crippen LogP contribution in [-0.2, 0) is 35.4 Å². The molecule has 0 fully saturated rings. The Hall–Kier alpha value is -4.39. The van der Waals surface area contributed by atoms with Crippen LogP contribution in [0.15, 0.2) is 83.3 Å². The van der Waals surface area contributed by atoms with Crippen molar-refractivity contribution in [3.05, 3.63) is 107 Å². The number of carbonyl (C=O) groups is 2. The van der Waals surface area contributed by atoms with E-state index in [0.29, 0.717) is 44.1 Å². The number of aromatic nitrogens is 1. The minimum Gasteiger partial charge on any atom is -0.493 e. The number of ether oxygens (including phenoxy) is 1. The molecule has 0 spiro atoms. The minimum absolute atomic E-state index is 0.0146. The third kappa shape index (κ3) is 8.04. The van der Waals surface area contributed by atoms with Gasteiger partial charge < -0.3 is 19.6 Å². The van der Waals surface area contributed by atoms with E-state index in [9.17, 15) is 9.59 Å². The van der Waals surface area contributed by atoms with Crippen molar-refractivity contribution in [1.29, 1.82) is 0 Å². The maximum atomic E-state index is 12.8. The third-order valence-electron chi connectivity index (χ3n) is 6.59. The van der Waals surface area contributed by atoms with Gasteiger partial charge in [0.1, 0.15) is 11.5 Å². The van der Waals surface area contributed by atoms with Crippen LogP contribution in [0, 0.1) is 12.8 Å². The fraction of sp³-hybridized carbons (Fsp3) is 0.281. The monoisotopic (exact) mass is 526 g/mol. The number of benzene rings is 3. The molecule has 1 atom stereocenters. The molecule has 0 saturated heterocycles. The van der Waals surface area contributed by atoms with E-state index in [4.69, 9.17) is 14.3 Å². The summed E-state index contributed by atoms with van der Waals surface area (Å²) in [6.07, 6.45) is 1.61. The molecule has 0 bridgehead atoms. The molecule has 4 rings (SSSR count). The molecule has 0 aliphatic carbocycles. The van der Waals surface area contributed by atoms with Gasteiger partial charge in [0.05, 0.1) is 12.3 Å². The second-order valence-corrected chi connectivity index (χ2v) is 9.62. The van der Waals surface area contributed by atoms with Gasteiger partial charge >= 0.3 is 5.97 Å². The Morgan fingerprint density at radius 2 is 1.69 bits per heavy atom. The maximum Gasteiger partial charge on any atom is 0.303 e. The molecule has 3 aromatic carbocycles. The van der Waals surface area contributed by atoms with Crippen LogP contribution in [0.4, 0.5) is 0 Å². The van der Waals surface area contributed by atoms with Crippen LogP contribution < -0.4 is 10.1 Å². The SMILES string of the molecule is Cc1oc(-c2ccccc2)nc1CCOc1ccc(CCC(=O)O)c(CNC(=O)C(C)Cc2ccccc2)c1. The lowest BCUT2D eigenvalue weighted by Gasteiger charge is -2.16. The summed E-state index contributed by atoms with van der Waals surface area (Å²) in [5, 5.41) is 12.2. The Labute approximate surface area is 228 Å². The zero-order valence-corrected chi connectivity index (χ0v) is 22.4. The van der Waals surface area contributed by atoms with Crippen LogP contribution >= 0.6 is 0 Å². The Balaban J connectivity index is 1.38. The molecule has 0 saturated carbocycles. The fourth-order valence-corrected chi connectivity index (χ4v) is 4.39. The van der Waals surface area contributed by atoms with E-state index in [1.807, 2.05) is 92.7 Å². The van der Waals surface area contributed by atoms with Crippen molar-refractivity contribution in [2.24, 2.45) is 5.92 Å². The zero-order chi connectivity index (χ0) is 27.6. The molecule has 0 aliphatic heterocycles. The van der Waals surface area contributed by atoms with Gasteiger partial charge in [0.25, 0.3) is 0 Å². The number of carboxylic acids is 1. The Bertz CT molecular complexity index is 1380. The van der Waals surface area contributed by atoms with E-state index in [0.717, 1.165) is 33.7 Å². The minimum atomic E-state index is -0.861. The normalized spacial score (nSPS) is 11.6. The van der Waals surface area contributed by atoms with Crippen LogP contribution in [0.1, 0.15) is 41.5 Å². The summed E-state index contributed by atoms with van der Waals surface area (Å²) in [6.45, 7) is 4.50. The van der Waals surface area contributed by atoms with E-state index >= 15 is 0 Å². The lowest BCUT2D eigenvalue weighted by atomic mass is 9.99. The molecule has 1 amide bonds. The Kier molecular flexibility index (Phi) is 9.51. The van der Waals surface area contributed by atoms with E-state index in [-0.39, 0.29) is 18.2 Å². The van der Waals surface area contributed by atoms with Crippen molar-refractivity contribution in [2.75, 3.05) is 6.61 Å². The lowest BCUT2D eigenvalue weighted by Crippen LogP contribution is -2.30. The largest absolute Gasteiger partial charge is 0.493 e. The van der Waals surface area contributed by atoms with Gasteiger partial charge in [-0.1, -0.05) is 61.5 Å². The van der Waals surface area contributed by atoms with Crippen molar-refractivity contribution in [3.8, 4) is 17.2 Å². The molecular formula is C32H34N2O5. The molecule has 2 N–H and O–H groups in total. The summed E-state index contributed by atoms with van der Waals surface area (Å²) in [5.74, 6) is 0.894. The lowest BCUT2D eigenvalue weighted by molar-refractivity contribution is -0.137. The Morgan fingerprint density at radius 1 is 0.974 bits per heavy atom. The van der Waals surface area contributed by atoms with Gasteiger partial charge in [-0.3, -0.25) is 9.59 Å². The van der Waals surface area contributed by atoms with Gasteiger partial charge in [-0.2, -0.15) is 0 Å². The zero-order valence-electron chi connectivity index (χ0n) is 22.4. The highest BCUT2D eigenvalue weighted by molar-refractivity contribution is 5.78. The van der Waals surface area contributed by atoms with Crippen molar-refractivity contribution in [2.45, 2.75) is 46.1 Å². The molecule has 1 unspecified atom stereocenters. The Morgan fingerprint density at radius 3 is 2.41 bits per heavy atom. The number of hydrogen-bond acceptors (Lipinski definition) is 5. The molecule has 7 nitrogen and oxygen atoms in total. The van der Waals surface area contributed by atoms with Crippen molar-refractivity contribution < 1.29 is 23.8 Å². The van der Waals surface area contributed by atoms with Crippen molar-refractivity contribution in [3.63, 3.8) is 0 Å². The number of nitrogens with zero attached hydrogens (tertiary/aromatic N) is 1. The average molecular weight is 527 g/mol. The number of carbonyl (C=O) groups excluding carboxylic acids is 1. The molecule has 39 heavy (non-hydrogen) atoms. The van der Waals surface area contributed by atoms with Crippen molar-refractivity contribution >= 4 is 11.9 Å². The molecule has 7 heteroatoms. The van der Waals surface area contributed by atoms with E-state index < -0.39 is 5.97 Å². The third-order valence-corrected chi connectivity index (χ3v) is 6.59. The van der Waals surface area contributed by atoms with Gasteiger partial charge in [0, 0.05) is 30.9 Å². The maximum absolute atomic E-state index is 12.8. The number of oxazole rings is 1. The first-order chi connectivity index (χ1) is 18.9. The predicted octanol–water partition coefficient (Wildman–Crippen LogP) is 5.78. The molecule has 0 radical (unpaired) electrons. The fourth-order valence-electron chi connectivity index (χ4n) is 4.39. The molecular weight excluding hydrogens is 492 g/mol. The second-order valence-electron chi connectivity index (χ2n) is 9.62. The highest BCUT2D eigenvalue weighted by atomic mass is 16.5. The second kappa shape index (κ2) is 13.4. The van der Waals surface area contributed by atoms with E-state index in [1.165, 1.54) is 0 Å². The van der Waals surface area contributed by atoms with Crippen molar-refractivity contribution in [1.82, 2.24) is 10.3 Å². The first-order valence-electron chi connectivity index (χ1n) is 13.2. The number of rotatable bonds is 13. The van der Waals surface area contributed by atoms with Crippen LogP contribution in [-0.4, -0.2) is 28.6 Å². The molecule has 0 aliphatic rings. The summed E-state index contributed by atoms with van der Waals surface area (Å²) in [6, 6.07) is 25.3. The number of amides is 1. The van der Waals surface area contributed by atoms with Gasteiger partial charge in [0.15, 0.2) is 0 Å². The number of carboxylic acid groups (broad SMARTS) is 1. The van der Waals surface area contributed by atoms with Gasteiger partial charge in [0.2, 0.25) is 11.8 Å². The summed E-state index contributed by atoms with van der Waals surface area (Å²) in [5.41, 5.74) is 4.59. The number of hydrogen-bond donors (Lipinski definition) is 2. The van der Waals surface area contributed by atoms with Crippen LogP contribution in [0.2, 0.25) is 0 Å². The summed E-state index contributed by atoms with van der Waals surface area (Å²) < 4.78 is 11.9. The van der Waals surface area contributed by atoms with Gasteiger partial charge in [-0.15, -0.1) is 0 Å². The smallest absolute Gasteiger partial charge is 0.303 e. The highest BCUT2D eigenvalue weighted by Gasteiger charge is 2.15. The molecule has 4 aromatic rings.